The predicted molar refractivity (Wildman–Crippen MR) is 240 cm³/mol. The molecule has 0 saturated carbocycles. The molecule has 0 N–H and O–H groups in total. The molecule has 0 aliphatic heterocycles. The van der Waals surface area contributed by atoms with Crippen LogP contribution in [-0.2, 0) is 27.9 Å². The Hall–Kier alpha value is -2.48. The summed E-state index contributed by atoms with van der Waals surface area (Å²) in [6, 6.07) is 0. The van der Waals surface area contributed by atoms with Crippen LogP contribution in [0.25, 0.3) is 0 Å². The molecule has 57 heavy (non-hydrogen) atoms. The van der Waals surface area contributed by atoms with E-state index in [9.17, 15) is 14.3 Å². The van der Waals surface area contributed by atoms with E-state index in [2.05, 4.69) is 74.6 Å². The van der Waals surface area contributed by atoms with Crippen LogP contribution in [-0.4, -0.2) is 64.1 Å². The van der Waals surface area contributed by atoms with Crippen LogP contribution in [0.4, 0.5) is 0 Å². The summed E-state index contributed by atoms with van der Waals surface area (Å²) in [5, 5.41) is 0. The molecule has 328 valence electrons. The van der Waals surface area contributed by atoms with Gasteiger partial charge in [-0.15, -0.1) is 0 Å². The predicted octanol–water partition coefficient (Wildman–Crippen LogP) is 13.0. The molecule has 0 fully saturated rings. The van der Waals surface area contributed by atoms with Crippen molar-refractivity contribution >= 4 is 13.8 Å². The molecule has 0 radical (unpaired) electrons. The van der Waals surface area contributed by atoms with Crippen molar-refractivity contribution in [1.82, 2.24) is 0 Å². The molecule has 0 aromatic carbocycles. The van der Waals surface area contributed by atoms with Gasteiger partial charge in [0, 0.05) is 6.42 Å². The van der Waals surface area contributed by atoms with E-state index in [1.807, 2.05) is 39.4 Å². The van der Waals surface area contributed by atoms with E-state index in [1.165, 1.54) is 83.5 Å². The highest BCUT2D eigenvalue weighted by Gasteiger charge is 2.20. The van der Waals surface area contributed by atoms with Gasteiger partial charge in [-0.3, -0.25) is 9.36 Å². The van der Waals surface area contributed by atoms with E-state index in [0.29, 0.717) is 17.4 Å². The van der Waals surface area contributed by atoms with Crippen LogP contribution in [0.2, 0.25) is 0 Å². The maximum atomic E-state index is 12.6. The molecular formula is C48H84NO7P. The van der Waals surface area contributed by atoms with E-state index >= 15 is 0 Å². The number of allylic oxidation sites excluding steroid dienone is 13. The molecule has 1 unspecified atom stereocenters. The number of unbranched alkanes of at least 4 members (excludes halogenated alkanes) is 14. The van der Waals surface area contributed by atoms with Gasteiger partial charge in [0.2, 0.25) is 0 Å². The Morgan fingerprint density at radius 3 is 1.51 bits per heavy atom. The molecule has 0 saturated heterocycles. The first kappa shape index (κ1) is 54.5. The largest absolute Gasteiger partial charge is 0.756 e. The molecule has 0 heterocycles. The number of nitrogens with zero attached hydrogens (tertiary/aromatic N) is 1. The second-order valence-electron chi connectivity index (χ2n) is 15.7. The van der Waals surface area contributed by atoms with E-state index in [-0.39, 0.29) is 26.2 Å². The lowest BCUT2D eigenvalue weighted by atomic mass is 10.0. The van der Waals surface area contributed by atoms with Crippen molar-refractivity contribution in [2.75, 3.05) is 47.5 Å². The fourth-order valence-electron chi connectivity index (χ4n) is 5.60. The van der Waals surface area contributed by atoms with Crippen LogP contribution < -0.4 is 4.89 Å². The van der Waals surface area contributed by atoms with Crippen LogP contribution in [0.3, 0.4) is 0 Å². The summed E-state index contributed by atoms with van der Waals surface area (Å²) in [5.74, 6) is -0.440. The second-order valence-corrected chi connectivity index (χ2v) is 17.2. The fourth-order valence-corrected chi connectivity index (χ4v) is 6.32. The summed E-state index contributed by atoms with van der Waals surface area (Å²) >= 11 is 0. The topological polar surface area (TPSA) is 94.1 Å². The first-order valence-corrected chi connectivity index (χ1v) is 23.8. The molecule has 0 rings (SSSR count). The Labute approximate surface area is 350 Å². The average molecular weight is 818 g/mol. The zero-order chi connectivity index (χ0) is 42.0. The lowest BCUT2D eigenvalue weighted by molar-refractivity contribution is -0.870. The third-order valence-corrected chi connectivity index (χ3v) is 10.0. The second kappa shape index (κ2) is 40.3. The van der Waals surface area contributed by atoms with Gasteiger partial charge in [-0.2, -0.15) is 0 Å². The average Bonchev–Trinajstić information content (AvgIpc) is 3.16. The fraction of sp³-hybridized carbons (Fsp3) is 0.688. The zero-order valence-corrected chi connectivity index (χ0v) is 37.9. The number of phosphoric acid groups is 1. The van der Waals surface area contributed by atoms with E-state index in [1.54, 1.807) is 6.26 Å². The summed E-state index contributed by atoms with van der Waals surface area (Å²) in [5.41, 5.74) is 0. The first-order chi connectivity index (χ1) is 27.6. The van der Waals surface area contributed by atoms with E-state index < -0.39 is 19.9 Å². The summed E-state index contributed by atoms with van der Waals surface area (Å²) in [6.07, 6.45) is 54.2. The lowest BCUT2D eigenvalue weighted by Gasteiger charge is -2.28. The zero-order valence-electron chi connectivity index (χ0n) is 37.0. The number of ether oxygens (including phenoxy) is 2. The van der Waals surface area contributed by atoms with Crippen LogP contribution in [0.5, 0.6) is 0 Å². The van der Waals surface area contributed by atoms with Crippen LogP contribution >= 0.6 is 7.82 Å². The highest BCUT2D eigenvalue weighted by molar-refractivity contribution is 7.45. The van der Waals surface area contributed by atoms with Crippen molar-refractivity contribution in [2.45, 2.75) is 168 Å². The molecule has 2 atom stereocenters. The molecule has 9 heteroatoms. The molecule has 0 spiro atoms. The molecule has 0 aromatic rings. The number of carbonyl (C=O) groups excluding carboxylic acids is 1. The van der Waals surface area contributed by atoms with Crippen molar-refractivity contribution in [3.63, 3.8) is 0 Å². The van der Waals surface area contributed by atoms with Gasteiger partial charge in [0.05, 0.1) is 34.0 Å². The molecule has 0 amide bonds. The minimum Gasteiger partial charge on any atom is -0.756 e. The van der Waals surface area contributed by atoms with Gasteiger partial charge >= 0.3 is 5.97 Å². The van der Waals surface area contributed by atoms with Crippen LogP contribution in [0, 0.1) is 0 Å². The van der Waals surface area contributed by atoms with Crippen molar-refractivity contribution < 1.29 is 37.3 Å². The standard InChI is InChI=1S/C48H84NO7P/c1-6-8-10-12-14-16-18-20-22-24-25-26-27-29-31-33-35-37-39-41-48(50)56-47(46-55-57(51,52)54-44-42-49(3,4)5)45-53-43-40-38-36-34-32-30-28-23-21-19-17-15-13-11-9-7-2/h8,10,14,16,20,22,25-26,29,31,35,37,40,43,47H,6-7,9,11-13,15,17-19,21,23-24,27-28,30,32-34,36,38-39,41-42,44-46H2,1-5H3/b10-8+,16-14+,22-20+,26-25+,31-29+,37-35+,43-40+/t47-/m1/s1. The molecule has 8 nitrogen and oxygen atoms in total. The summed E-state index contributed by atoms with van der Waals surface area (Å²) in [7, 11) is 1.27. The molecule has 0 aliphatic rings. The molecule has 0 bridgehead atoms. The maximum Gasteiger partial charge on any atom is 0.306 e. The third kappa shape index (κ3) is 44.5. The Balaban J connectivity index is 4.43. The SMILES string of the molecule is CC/C=C/C/C=C/C/C=C/C/C=C/C/C=C/C/C=C/CCC(=O)O[C@H](CO/C=C/CCCCCCCCCCCCCCCC)COP(=O)([O-])OCC[N+](C)(C)C. The number of likely N-dealkylation sites (N-methyl/N-ethyl adjacent to an activating group) is 1. The van der Waals surface area contributed by atoms with Crippen molar-refractivity contribution in [3.8, 4) is 0 Å². The van der Waals surface area contributed by atoms with Crippen LogP contribution in [0.1, 0.15) is 162 Å². The minimum absolute atomic E-state index is 0.000812. The van der Waals surface area contributed by atoms with E-state index in [0.717, 1.165) is 51.4 Å². The lowest BCUT2D eigenvalue weighted by Crippen LogP contribution is -2.37. The normalized spacial score (nSPS) is 14.5. The maximum absolute atomic E-state index is 12.6. The monoisotopic (exact) mass is 818 g/mol. The Morgan fingerprint density at radius 1 is 0.579 bits per heavy atom. The van der Waals surface area contributed by atoms with Crippen molar-refractivity contribution in [1.29, 1.82) is 0 Å². The van der Waals surface area contributed by atoms with Crippen molar-refractivity contribution in [2.24, 2.45) is 0 Å². The van der Waals surface area contributed by atoms with E-state index in [4.69, 9.17) is 18.5 Å². The van der Waals surface area contributed by atoms with Gasteiger partial charge in [0.25, 0.3) is 7.82 Å². The first-order valence-electron chi connectivity index (χ1n) is 22.4. The Bertz CT molecular complexity index is 1180. The number of phosphoric ester groups is 1. The van der Waals surface area contributed by atoms with Gasteiger partial charge in [0.15, 0.2) is 6.10 Å². The summed E-state index contributed by atoms with van der Waals surface area (Å²) in [4.78, 5) is 25.0. The van der Waals surface area contributed by atoms with Crippen LogP contribution in [0.15, 0.2) is 85.3 Å². The van der Waals surface area contributed by atoms with Gasteiger partial charge in [-0.25, -0.2) is 0 Å². The number of quaternary nitrogens is 1. The van der Waals surface area contributed by atoms with Gasteiger partial charge in [-0.1, -0.05) is 170 Å². The number of carbonyl (C=O) groups is 1. The quantitative estimate of drug-likeness (QED) is 0.0152. The number of hydrogen-bond acceptors (Lipinski definition) is 7. The van der Waals surface area contributed by atoms with Crippen molar-refractivity contribution in [3.05, 3.63) is 85.3 Å². The highest BCUT2D eigenvalue weighted by atomic mass is 31.2. The van der Waals surface area contributed by atoms with Gasteiger partial charge in [-0.05, 0) is 63.9 Å². The smallest absolute Gasteiger partial charge is 0.306 e. The highest BCUT2D eigenvalue weighted by Crippen LogP contribution is 2.38. The number of rotatable bonds is 40. The molecular weight excluding hydrogens is 734 g/mol. The van der Waals surface area contributed by atoms with Gasteiger partial charge < -0.3 is 27.9 Å². The Kier molecular flexibility index (Phi) is 38.6. The molecule has 0 aromatic heterocycles. The third-order valence-electron chi connectivity index (χ3n) is 9.04. The number of hydrogen-bond donors (Lipinski definition) is 0. The summed E-state index contributed by atoms with van der Waals surface area (Å²) in [6.45, 7) is 4.52. The minimum atomic E-state index is -4.57. The Morgan fingerprint density at radius 2 is 1.04 bits per heavy atom. The number of esters is 1. The summed E-state index contributed by atoms with van der Waals surface area (Å²) < 4.78 is 34.2. The van der Waals surface area contributed by atoms with Gasteiger partial charge in [0.1, 0.15) is 19.8 Å². The molecule has 0 aliphatic carbocycles.